The Hall–Kier alpha value is -1.11. The molecule has 0 bridgehead atoms. The Morgan fingerprint density at radius 3 is 2.69 bits per heavy atom. The topological polar surface area (TPSA) is 66.5 Å². The van der Waals surface area contributed by atoms with E-state index >= 15 is 0 Å². The SMILES string of the molecule is CN(CC(=O)NCC1(c2cccc(Cl)c2)CCCC1)C1CCS(=O)(=O)C1. The quantitative estimate of drug-likeness (QED) is 0.798. The first kappa shape index (κ1) is 19.6. The molecule has 0 aromatic heterocycles. The predicted octanol–water partition coefficient (Wildman–Crippen LogP) is 2.39. The number of rotatable bonds is 6. The summed E-state index contributed by atoms with van der Waals surface area (Å²) in [6.45, 7) is 0.828. The zero-order valence-corrected chi connectivity index (χ0v) is 16.8. The molecule has 2 fully saturated rings. The van der Waals surface area contributed by atoms with Crippen LogP contribution in [0, 0.1) is 0 Å². The molecular weight excluding hydrogens is 372 g/mol. The van der Waals surface area contributed by atoms with Gasteiger partial charge in [-0.1, -0.05) is 36.6 Å². The number of amides is 1. The van der Waals surface area contributed by atoms with Gasteiger partial charge >= 0.3 is 0 Å². The van der Waals surface area contributed by atoms with Crippen molar-refractivity contribution in [3.8, 4) is 0 Å². The van der Waals surface area contributed by atoms with Crippen molar-refractivity contribution in [1.82, 2.24) is 10.2 Å². The van der Waals surface area contributed by atoms with Crippen LogP contribution >= 0.6 is 11.6 Å². The van der Waals surface area contributed by atoms with Crippen molar-refractivity contribution in [3.63, 3.8) is 0 Å². The Bertz CT molecular complexity index is 760. The third kappa shape index (κ3) is 4.59. The maximum absolute atomic E-state index is 12.4. The van der Waals surface area contributed by atoms with Crippen molar-refractivity contribution >= 4 is 27.3 Å². The van der Waals surface area contributed by atoms with E-state index in [4.69, 9.17) is 11.6 Å². The molecule has 1 amide bonds. The lowest BCUT2D eigenvalue weighted by Gasteiger charge is -2.31. The number of hydrogen-bond acceptors (Lipinski definition) is 4. The number of carbonyl (C=O) groups is 1. The summed E-state index contributed by atoms with van der Waals surface area (Å²) >= 11 is 6.17. The van der Waals surface area contributed by atoms with Gasteiger partial charge in [0.05, 0.1) is 18.1 Å². The van der Waals surface area contributed by atoms with E-state index in [1.54, 1.807) is 0 Å². The van der Waals surface area contributed by atoms with Crippen LogP contribution in [0.5, 0.6) is 0 Å². The second-order valence-corrected chi connectivity index (χ2v) is 10.4. The highest BCUT2D eigenvalue weighted by Gasteiger charge is 2.36. The Kier molecular flexibility index (Phi) is 5.94. The van der Waals surface area contributed by atoms with Crippen molar-refractivity contribution < 1.29 is 13.2 Å². The van der Waals surface area contributed by atoms with Crippen molar-refractivity contribution in [1.29, 1.82) is 0 Å². The van der Waals surface area contributed by atoms with Crippen molar-refractivity contribution in [3.05, 3.63) is 34.9 Å². The van der Waals surface area contributed by atoms with Gasteiger partial charge in [0.25, 0.3) is 0 Å². The summed E-state index contributed by atoms with van der Waals surface area (Å²) < 4.78 is 23.2. The molecule has 1 saturated carbocycles. The molecule has 1 N–H and O–H groups in total. The molecule has 1 aliphatic heterocycles. The summed E-state index contributed by atoms with van der Waals surface area (Å²) in [6, 6.07) is 7.89. The number of nitrogens with one attached hydrogen (secondary N) is 1. The molecule has 1 saturated heterocycles. The summed E-state index contributed by atoms with van der Waals surface area (Å²) in [4.78, 5) is 14.3. The average Bonchev–Trinajstić information content (AvgIpc) is 3.20. The predicted molar refractivity (Wildman–Crippen MR) is 104 cm³/mol. The molecule has 1 aromatic carbocycles. The van der Waals surface area contributed by atoms with E-state index < -0.39 is 9.84 Å². The molecule has 2 aliphatic rings. The van der Waals surface area contributed by atoms with E-state index in [-0.39, 0.29) is 35.4 Å². The number of nitrogens with zero attached hydrogens (tertiary/aromatic N) is 1. The van der Waals surface area contributed by atoms with E-state index in [0.29, 0.717) is 13.0 Å². The molecule has 144 valence electrons. The summed E-state index contributed by atoms with van der Waals surface area (Å²) in [7, 11) is -1.11. The fourth-order valence-corrected chi connectivity index (χ4v) is 6.24. The molecule has 1 aromatic rings. The van der Waals surface area contributed by atoms with Crippen molar-refractivity contribution in [2.45, 2.75) is 43.6 Å². The standard InChI is InChI=1S/C19H27ClN2O3S/c1-22(17-7-10-26(24,25)13-17)12-18(23)21-14-19(8-2-3-9-19)15-5-4-6-16(20)11-15/h4-6,11,17H,2-3,7-10,12-14H2,1H3,(H,21,23). The third-order valence-corrected chi connectivity index (χ3v) is 7.83. The Morgan fingerprint density at radius 2 is 2.08 bits per heavy atom. The number of carbonyl (C=O) groups excluding carboxylic acids is 1. The lowest BCUT2D eigenvalue weighted by Crippen LogP contribution is -2.45. The monoisotopic (exact) mass is 398 g/mol. The zero-order chi connectivity index (χ0) is 18.8. The maximum Gasteiger partial charge on any atom is 0.234 e. The number of benzene rings is 1. The summed E-state index contributed by atoms with van der Waals surface area (Å²) in [5, 5.41) is 3.81. The molecule has 0 spiro atoms. The first-order chi connectivity index (χ1) is 12.3. The number of sulfone groups is 1. The minimum absolute atomic E-state index is 0.0458. The van der Waals surface area contributed by atoms with Gasteiger partial charge in [-0.25, -0.2) is 8.42 Å². The van der Waals surface area contributed by atoms with E-state index in [1.807, 2.05) is 30.1 Å². The molecule has 7 heteroatoms. The molecule has 1 unspecified atom stereocenters. The summed E-state index contributed by atoms with van der Waals surface area (Å²) in [5.41, 5.74) is 1.15. The third-order valence-electron chi connectivity index (χ3n) is 5.85. The van der Waals surface area contributed by atoms with Gasteiger partial charge in [0.1, 0.15) is 0 Å². The van der Waals surface area contributed by atoms with Crippen LogP contribution < -0.4 is 5.32 Å². The molecule has 0 radical (unpaired) electrons. The summed E-state index contributed by atoms with van der Waals surface area (Å²) in [5.74, 6) is 0.329. The molecule has 1 aliphatic carbocycles. The zero-order valence-electron chi connectivity index (χ0n) is 15.2. The minimum atomic E-state index is -2.94. The van der Waals surface area contributed by atoms with Crippen molar-refractivity contribution in [2.75, 3.05) is 31.6 Å². The van der Waals surface area contributed by atoms with Crippen LogP contribution in [0.2, 0.25) is 5.02 Å². The van der Waals surface area contributed by atoms with E-state index in [0.717, 1.165) is 30.7 Å². The lowest BCUT2D eigenvalue weighted by molar-refractivity contribution is -0.122. The molecular formula is C19H27ClN2O3S. The second kappa shape index (κ2) is 7.87. The average molecular weight is 399 g/mol. The van der Waals surface area contributed by atoms with Gasteiger partial charge < -0.3 is 5.32 Å². The Balaban J connectivity index is 1.58. The first-order valence-corrected chi connectivity index (χ1v) is 11.4. The number of likely N-dealkylation sites (N-methyl/N-ethyl adjacent to an activating group) is 1. The highest BCUT2D eigenvalue weighted by Crippen LogP contribution is 2.41. The van der Waals surface area contributed by atoms with E-state index in [2.05, 4.69) is 11.4 Å². The molecule has 1 heterocycles. The number of halogens is 1. The number of hydrogen-bond donors (Lipinski definition) is 1. The largest absolute Gasteiger partial charge is 0.354 e. The smallest absolute Gasteiger partial charge is 0.234 e. The van der Waals surface area contributed by atoms with Crippen LogP contribution in [0.25, 0.3) is 0 Å². The van der Waals surface area contributed by atoms with Gasteiger partial charge in [0, 0.05) is 23.0 Å². The maximum atomic E-state index is 12.4. The Morgan fingerprint density at radius 1 is 1.35 bits per heavy atom. The fraction of sp³-hybridized carbons (Fsp3) is 0.632. The van der Waals surface area contributed by atoms with E-state index in [9.17, 15) is 13.2 Å². The van der Waals surface area contributed by atoms with Gasteiger partial charge in [-0.05, 0) is 44.0 Å². The first-order valence-electron chi connectivity index (χ1n) is 9.23. The molecule has 5 nitrogen and oxygen atoms in total. The fourth-order valence-electron chi connectivity index (χ4n) is 4.24. The lowest BCUT2D eigenvalue weighted by atomic mass is 9.79. The van der Waals surface area contributed by atoms with E-state index in [1.165, 1.54) is 5.56 Å². The van der Waals surface area contributed by atoms with Gasteiger partial charge in [0.15, 0.2) is 9.84 Å². The van der Waals surface area contributed by atoms with Gasteiger partial charge in [0.2, 0.25) is 5.91 Å². The normalized spacial score (nSPS) is 24.0. The Labute approximate surface area is 161 Å². The second-order valence-electron chi connectivity index (χ2n) is 7.75. The van der Waals surface area contributed by atoms with Crippen LogP contribution in [-0.4, -0.2) is 56.9 Å². The van der Waals surface area contributed by atoms with Crippen LogP contribution in [0.1, 0.15) is 37.7 Å². The van der Waals surface area contributed by atoms with Crippen LogP contribution in [0.4, 0.5) is 0 Å². The van der Waals surface area contributed by atoms with Crippen LogP contribution in [0.15, 0.2) is 24.3 Å². The van der Waals surface area contributed by atoms with Gasteiger partial charge in [-0.3, -0.25) is 9.69 Å². The van der Waals surface area contributed by atoms with Crippen LogP contribution in [-0.2, 0) is 20.0 Å². The molecule has 26 heavy (non-hydrogen) atoms. The summed E-state index contributed by atoms with van der Waals surface area (Å²) in [6.07, 6.45) is 5.01. The van der Waals surface area contributed by atoms with Crippen molar-refractivity contribution in [2.24, 2.45) is 0 Å². The minimum Gasteiger partial charge on any atom is -0.354 e. The molecule has 3 rings (SSSR count). The highest BCUT2D eigenvalue weighted by molar-refractivity contribution is 7.91. The highest BCUT2D eigenvalue weighted by atomic mass is 35.5. The van der Waals surface area contributed by atoms with Crippen LogP contribution in [0.3, 0.4) is 0 Å². The van der Waals surface area contributed by atoms with Gasteiger partial charge in [-0.15, -0.1) is 0 Å². The van der Waals surface area contributed by atoms with Gasteiger partial charge in [-0.2, -0.15) is 0 Å². The molecule has 1 atom stereocenters.